The molecule has 1 saturated heterocycles. The predicted molar refractivity (Wildman–Crippen MR) is 75.8 cm³/mol. The largest absolute Gasteiger partial charge is 0.466 e. The molecule has 1 heterocycles. The molecule has 1 aromatic rings. The summed E-state index contributed by atoms with van der Waals surface area (Å²) in [7, 11) is 0. The third-order valence-corrected chi connectivity index (χ3v) is 3.61. The molecule has 0 aliphatic carbocycles. The summed E-state index contributed by atoms with van der Waals surface area (Å²) in [5.41, 5.74) is 7.78. The summed E-state index contributed by atoms with van der Waals surface area (Å²) >= 11 is 0. The Balaban J connectivity index is 1.93. The molecule has 19 heavy (non-hydrogen) atoms. The number of nitrogen functional groups attached to an aromatic ring is 1. The third kappa shape index (κ3) is 3.96. The van der Waals surface area contributed by atoms with E-state index in [0.29, 0.717) is 24.9 Å². The first-order valence-corrected chi connectivity index (χ1v) is 6.90. The van der Waals surface area contributed by atoms with Crippen LogP contribution in [0.3, 0.4) is 0 Å². The highest BCUT2D eigenvalue weighted by atomic mass is 16.5. The van der Waals surface area contributed by atoms with Gasteiger partial charge in [0.1, 0.15) is 0 Å². The maximum absolute atomic E-state index is 11.5. The van der Waals surface area contributed by atoms with Crippen molar-refractivity contribution in [3.8, 4) is 0 Å². The molecular formula is C15H22N2O2. The monoisotopic (exact) mass is 262 g/mol. The lowest BCUT2D eigenvalue weighted by molar-refractivity contribution is -0.144. The van der Waals surface area contributed by atoms with Crippen molar-refractivity contribution >= 4 is 11.7 Å². The Morgan fingerprint density at radius 1 is 1.37 bits per heavy atom. The van der Waals surface area contributed by atoms with Gasteiger partial charge in [-0.15, -0.1) is 0 Å². The number of carbonyl (C=O) groups is 1. The molecule has 2 rings (SSSR count). The Morgan fingerprint density at radius 2 is 2.11 bits per heavy atom. The molecule has 1 fully saturated rings. The lowest BCUT2D eigenvalue weighted by Gasteiger charge is -2.30. The van der Waals surface area contributed by atoms with Gasteiger partial charge in [0, 0.05) is 18.7 Å². The van der Waals surface area contributed by atoms with Crippen LogP contribution in [0.2, 0.25) is 0 Å². The molecule has 1 aromatic carbocycles. The van der Waals surface area contributed by atoms with Crippen LogP contribution in [-0.2, 0) is 9.53 Å². The van der Waals surface area contributed by atoms with Crippen LogP contribution in [0.25, 0.3) is 0 Å². The average molecular weight is 262 g/mol. The zero-order chi connectivity index (χ0) is 13.7. The Morgan fingerprint density at radius 3 is 2.79 bits per heavy atom. The Hall–Kier alpha value is -1.55. The van der Waals surface area contributed by atoms with E-state index < -0.39 is 0 Å². The second-order valence-electron chi connectivity index (χ2n) is 5.13. The number of esters is 1. The van der Waals surface area contributed by atoms with E-state index in [-0.39, 0.29) is 5.97 Å². The maximum atomic E-state index is 11.5. The van der Waals surface area contributed by atoms with E-state index >= 15 is 0 Å². The lowest BCUT2D eigenvalue weighted by atomic mass is 9.84. The number of piperidine rings is 1. The third-order valence-electron chi connectivity index (χ3n) is 3.61. The van der Waals surface area contributed by atoms with Crippen molar-refractivity contribution < 1.29 is 9.53 Å². The van der Waals surface area contributed by atoms with Crippen molar-refractivity contribution in [1.29, 1.82) is 0 Å². The van der Waals surface area contributed by atoms with Crippen molar-refractivity contribution in [1.82, 2.24) is 5.32 Å². The number of nitrogens with one attached hydrogen (secondary N) is 1. The first-order valence-electron chi connectivity index (χ1n) is 6.90. The van der Waals surface area contributed by atoms with Crippen LogP contribution in [0.4, 0.5) is 5.69 Å². The fourth-order valence-corrected chi connectivity index (χ4v) is 2.66. The van der Waals surface area contributed by atoms with Crippen molar-refractivity contribution in [2.75, 3.05) is 25.4 Å². The molecule has 0 amide bonds. The quantitative estimate of drug-likeness (QED) is 0.642. The van der Waals surface area contributed by atoms with E-state index in [9.17, 15) is 4.79 Å². The highest BCUT2D eigenvalue weighted by Crippen LogP contribution is 2.28. The van der Waals surface area contributed by atoms with Crippen LogP contribution in [0.5, 0.6) is 0 Å². The van der Waals surface area contributed by atoms with Gasteiger partial charge < -0.3 is 15.8 Å². The standard InChI is InChI=1S/C15H22N2O2/c1-2-19-15(18)8-11-7-13(10-17-9-11)12-3-5-14(16)6-4-12/h3-6,11,13,17H,2,7-10,16H2,1H3. The Labute approximate surface area is 114 Å². The molecule has 2 unspecified atom stereocenters. The summed E-state index contributed by atoms with van der Waals surface area (Å²) in [6.45, 7) is 4.15. The number of anilines is 1. The number of rotatable bonds is 4. The van der Waals surface area contributed by atoms with E-state index in [1.807, 2.05) is 19.1 Å². The van der Waals surface area contributed by atoms with Crippen LogP contribution in [0.15, 0.2) is 24.3 Å². The summed E-state index contributed by atoms with van der Waals surface area (Å²) < 4.78 is 5.02. The van der Waals surface area contributed by atoms with Crippen LogP contribution >= 0.6 is 0 Å². The number of nitrogens with two attached hydrogens (primary N) is 1. The number of carbonyl (C=O) groups excluding carboxylic acids is 1. The van der Waals surface area contributed by atoms with Crippen molar-refractivity contribution in [2.24, 2.45) is 5.92 Å². The first kappa shape index (κ1) is 13.9. The fourth-order valence-electron chi connectivity index (χ4n) is 2.66. The van der Waals surface area contributed by atoms with E-state index in [0.717, 1.165) is 25.2 Å². The smallest absolute Gasteiger partial charge is 0.306 e. The molecule has 0 saturated carbocycles. The van der Waals surface area contributed by atoms with Crippen LogP contribution in [0.1, 0.15) is 31.2 Å². The summed E-state index contributed by atoms with van der Waals surface area (Å²) in [6, 6.07) is 8.03. The molecule has 104 valence electrons. The number of hydrogen-bond acceptors (Lipinski definition) is 4. The second kappa shape index (κ2) is 6.57. The lowest BCUT2D eigenvalue weighted by Crippen LogP contribution is -2.36. The number of benzene rings is 1. The van der Waals surface area contributed by atoms with Crippen LogP contribution < -0.4 is 11.1 Å². The molecule has 4 nitrogen and oxygen atoms in total. The highest BCUT2D eigenvalue weighted by Gasteiger charge is 2.25. The highest BCUT2D eigenvalue weighted by molar-refractivity contribution is 5.69. The van der Waals surface area contributed by atoms with E-state index in [1.54, 1.807) is 0 Å². The Bertz CT molecular complexity index is 417. The van der Waals surface area contributed by atoms with Gasteiger partial charge in [-0.2, -0.15) is 0 Å². The predicted octanol–water partition coefficient (Wildman–Crippen LogP) is 1.92. The number of ether oxygens (including phenoxy) is 1. The average Bonchev–Trinajstić information content (AvgIpc) is 2.40. The molecule has 3 N–H and O–H groups in total. The maximum Gasteiger partial charge on any atom is 0.306 e. The fraction of sp³-hybridized carbons (Fsp3) is 0.533. The van der Waals surface area contributed by atoms with Gasteiger partial charge >= 0.3 is 5.97 Å². The van der Waals surface area contributed by atoms with Gasteiger partial charge in [-0.3, -0.25) is 4.79 Å². The minimum atomic E-state index is -0.0905. The molecule has 1 aliphatic rings. The van der Waals surface area contributed by atoms with Crippen molar-refractivity contribution in [3.05, 3.63) is 29.8 Å². The second-order valence-corrected chi connectivity index (χ2v) is 5.13. The molecule has 0 radical (unpaired) electrons. The van der Waals surface area contributed by atoms with Gasteiger partial charge in [0.25, 0.3) is 0 Å². The van der Waals surface area contributed by atoms with Gasteiger partial charge in [0.2, 0.25) is 0 Å². The van der Waals surface area contributed by atoms with Crippen LogP contribution in [-0.4, -0.2) is 25.7 Å². The Kier molecular flexibility index (Phi) is 4.80. The summed E-state index contributed by atoms with van der Waals surface area (Å²) in [5.74, 6) is 0.719. The summed E-state index contributed by atoms with van der Waals surface area (Å²) in [4.78, 5) is 11.5. The van der Waals surface area contributed by atoms with Gasteiger partial charge in [-0.05, 0) is 49.4 Å². The summed E-state index contributed by atoms with van der Waals surface area (Å²) in [5, 5.41) is 3.41. The first-order chi connectivity index (χ1) is 9.19. The molecule has 2 atom stereocenters. The SMILES string of the molecule is CCOC(=O)CC1CNCC(c2ccc(N)cc2)C1. The van der Waals surface area contributed by atoms with Gasteiger partial charge in [-0.1, -0.05) is 12.1 Å². The molecule has 0 aromatic heterocycles. The van der Waals surface area contributed by atoms with E-state index in [1.165, 1.54) is 5.56 Å². The molecule has 1 aliphatic heterocycles. The minimum Gasteiger partial charge on any atom is -0.466 e. The van der Waals surface area contributed by atoms with Gasteiger partial charge in [0.15, 0.2) is 0 Å². The number of hydrogen-bond donors (Lipinski definition) is 2. The minimum absolute atomic E-state index is 0.0905. The molecule has 0 bridgehead atoms. The molecular weight excluding hydrogens is 240 g/mol. The normalized spacial score (nSPS) is 23.0. The van der Waals surface area contributed by atoms with Crippen molar-refractivity contribution in [2.45, 2.75) is 25.7 Å². The van der Waals surface area contributed by atoms with E-state index in [4.69, 9.17) is 10.5 Å². The van der Waals surface area contributed by atoms with Gasteiger partial charge in [-0.25, -0.2) is 0 Å². The molecule has 4 heteroatoms. The van der Waals surface area contributed by atoms with Gasteiger partial charge in [0.05, 0.1) is 6.61 Å². The van der Waals surface area contributed by atoms with Crippen LogP contribution in [0, 0.1) is 5.92 Å². The van der Waals surface area contributed by atoms with E-state index in [2.05, 4.69) is 17.4 Å². The zero-order valence-electron chi connectivity index (χ0n) is 11.4. The summed E-state index contributed by atoms with van der Waals surface area (Å²) in [6.07, 6.45) is 1.53. The van der Waals surface area contributed by atoms with Crippen molar-refractivity contribution in [3.63, 3.8) is 0 Å². The zero-order valence-corrected chi connectivity index (χ0v) is 11.4. The molecule has 0 spiro atoms. The topological polar surface area (TPSA) is 64.3 Å².